The molecule has 0 radical (unpaired) electrons. The average molecular weight is 448 g/mol. The smallest absolute Gasteiger partial charge is 0.220 e. The number of aryl methyl sites for hydroxylation is 3. The number of benzene rings is 1. The lowest BCUT2D eigenvalue weighted by Gasteiger charge is -2.20. The van der Waals surface area contributed by atoms with Crippen molar-refractivity contribution < 1.29 is 4.79 Å². The number of aromatic nitrogens is 3. The van der Waals surface area contributed by atoms with Crippen LogP contribution in [0.15, 0.2) is 30.3 Å². The van der Waals surface area contributed by atoms with E-state index in [1.807, 2.05) is 32.2 Å². The Bertz CT molecular complexity index is 1160. The van der Waals surface area contributed by atoms with Gasteiger partial charge in [-0.15, -0.1) is 0 Å². The van der Waals surface area contributed by atoms with Gasteiger partial charge < -0.3 is 5.32 Å². The molecular weight excluding hydrogens is 410 g/mol. The predicted molar refractivity (Wildman–Crippen MR) is 132 cm³/mol. The zero-order chi connectivity index (χ0) is 23.8. The van der Waals surface area contributed by atoms with E-state index in [-0.39, 0.29) is 11.4 Å². The summed E-state index contributed by atoms with van der Waals surface area (Å²) in [5.74, 6) is 0.499. The number of nitrogens with one attached hydrogen (secondary N) is 1. The normalized spacial score (nSPS) is 17.1. The minimum atomic E-state index is -0.214. The minimum Gasteiger partial charge on any atom is -0.351 e. The predicted octanol–water partition coefficient (Wildman–Crippen LogP) is 4.49. The Kier molecular flexibility index (Phi) is 6.57. The Morgan fingerprint density at radius 2 is 1.97 bits per heavy atom. The number of hydrogen-bond donors (Lipinski definition) is 1. The summed E-state index contributed by atoms with van der Waals surface area (Å²) in [4.78, 5) is 19.7. The van der Waals surface area contributed by atoms with Crippen molar-refractivity contribution in [1.29, 1.82) is 0 Å². The second kappa shape index (κ2) is 9.26. The quantitative estimate of drug-likeness (QED) is 0.605. The van der Waals surface area contributed by atoms with Gasteiger partial charge in [0, 0.05) is 48.4 Å². The van der Waals surface area contributed by atoms with Crippen LogP contribution >= 0.6 is 0 Å². The molecule has 0 saturated carbocycles. The lowest BCUT2D eigenvalue weighted by Crippen LogP contribution is -2.40. The number of rotatable bonds is 6. The van der Waals surface area contributed by atoms with Crippen LogP contribution in [0.5, 0.6) is 0 Å². The van der Waals surface area contributed by atoms with Gasteiger partial charge in [-0.3, -0.25) is 9.69 Å². The van der Waals surface area contributed by atoms with Crippen molar-refractivity contribution in [3.8, 4) is 0 Å². The van der Waals surface area contributed by atoms with E-state index in [4.69, 9.17) is 10.1 Å². The molecule has 2 aromatic heterocycles. The molecule has 1 N–H and O–H groups in total. The summed E-state index contributed by atoms with van der Waals surface area (Å²) in [5, 5.41) is 8.01. The molecule has 1 aliphatic rings. The molecule has 1 aliphatic heterocycles. The maximum atomic E-state index is 12.3. The van der Waals surface area contributed by atoms with Gasteiger partial charge in [0.15, 0.2) is 5.65 Å². The van der Waals surface area contributed by atoms with Gasteiger partial charge in [0.05, 0.1) is 5.69 Å². The van der Waals surface area contributed by atoms with E-state index >= 15 is 0 Å². The van der Waals surface area contributed by atoms with Gasteiger partial charge in [-0.25, -0.2) is 9.50 Å². The largest absolute Gasteiger partial charge is 0.351 e. The maximum absolute atomic E-state index is 12.3. The van der Waals surface area contributed by atoms with Crippen molar-refractivity contribution >= 4 is 11.6 Å². The van der Waals surface area contributed by atoms with Crippen molar-refractivity contribution in [2.45, 2.75) is 78.8 Å². The monoisotopic (exact) mass is 447 g/mol. The maximum Gasteiger partial charge on any atom is 0.220 e. The molecule has 0 unspecified atom stereocenters. The molecule has 33 heavy (non-hydrogen) atoms. The Labute approximate surface area is 197 Å². The summed E-state index contributed by atoms with van der Waals surface area (Å²) >= 11 is 0. The number of carbonyl (C=O) groups is 1. The van der Waals surface area contributed by atoms with Crippen LogP contribution in [0.4, 0.5) is 0 Å². The third kappa shape index (κ3) is 5.61. The molecule has 3 aromatic rings. The molecule has 6 heteroatoms. The lowest BCUT2D eigenvalue weighted by atomic mass is 10.0. The molecular formula is C27H37N5O. The molecule has 6 nitrogen and oxygen atoms in total. The molecule has 3 heterocycles. The highest BCUT2D eigenvalue weighted by Gasteiger charge is 2.27. The summed E-state index contributed by atoms with van der Waals surface area (Å²) in [6, 6.07) is 10.9. The molecule has 1 atom stereocenters. The number of likely N-dealkylation sites (tertiary alicyclic amines) is 1. The summed E-state index contributed by atoms with van der Waals surface area (Å²) in [5.41, 5.74) is 7.69. The average Bonchev–Trinajstić information content (AvgIpc) is 3.33. The number of fused-ring (bicyclic) bond motifs is 1. The van der Waals surface area contributed by atoms with Crippen LogP contribution in [0.1, 0.15) is 73.3 Å². The summed E-state index contributed by atoms with van der Waals surface area (Å²) in [6.07, 6.45) is 2.25. The highest BCUT2D eigenvalue weighted by atomic mass is 16.1. The van der Waals surface area contributed by atoms with Crippen molar-refractivity contribution in [3.05, 3.63) is 64.1 Å². The minimum absolute atomic E-state index is 0.0715. The number of amides is 1. The van der Waals surface area contributed by atoms with E-state index in [1.54, 1.807) is 0 Å². The van der Waals surface area contributed by atoms with Gasteiger partial charge in [-0.1, -0.05) is 29.8 Å². The molecule has 1 saturated heterocycles. The molecule has 0 bridgehead atoms. The van der Waals surface area contributed by atoms with Crippen molar-refractivity contribution in [1.82, 2.24) is 24.8 Å². The standard InChI is InChI=1S/C27H37N5O/c1-18-8-7-9-21(14-18)16-31-13-12-22(17-31)24-15-25-28-19(2)23(20(3)32(25)30-24)10-11-26(33)29-27(4,5)6/h7-9,14-15,22H,10-13,16-17H2,1-6H3,(H,29,33)/t22-/m0/s1. The zero-order valence-electron chi connectivity index (χ0n) is 20.9. The van der Waals surface area contributed by atoms with Gasteiger partial charge in [0.25, 0.3) is 0 Å². The van der Waals surface area contributed by atoms with Crippen LogP contribution < -0.4 is 5.32 Å². The topological polar surface area (TPSA) is 62.5 Å². The number of nitrogens with zero attached hydrogens (tertiary/aromatic N) is 4. The highest BCUT2D eigenvalue weighted by molar-refractivity contribution is 5.77. The van der Waals surface area contributed by atoms with Gasteiger partial charge in [-0.05, 0) is 72.1 Å². The van der Waals surface area contributed by atoms with Crippen LogP contribution in [0.25, 0.3) is 5.65 Å². The van der Waals surface area contributed by atoms with Gasteiger partial charge in [0.2, 0.25) is 5.91 Å². The van der Waals surface area contributed by atoms with Crippen LogP contribution in [-0.4, -0.2) is 44.0 Å². The second-order valence-corrected chi connectivity index (χ2v) is 10.6. The lowest BCUT2D eigenvalue weighted by molar-refractivity contribution is -0.122. The molecule has 4 rings (SSSR count). The molecule has 1 amide bonds. The van der Waals surface area contributed by atoms with Crippen LogP contribution in [0.2, 0.25) is 0 Å². The Morgan fingerprint density at radius 3 is 2.70 bits per heavy atom. The molecule has 0 aliphatic carbocycles. The summed E-state index contributed by atoms with van der Waals surface area (Å²) in [6.45, 7) is 15.4. The van der Waals surface area contributed by atoms with Crippen LogP contribution in [0, 0.1) is 20.8 Å². The SMILES string of the molecule is Cc1cccc(CN2CC[C@H](c3cc4nc(C)c(CCC(=O)NC(C)(C)C)c(C)n4n3)C2)c1. The summed E-state index contributed by atoms with van der Waals surface area (Å²) in [7, 11) is 0. The first-order valence-electron chi connectivity index (χ1n) is 12.0. The van der Waals surface area contributed by atoms with Crippen molar-refractivity contribution in [3.63, 3.8) is 0 Å². The molecule has 1 aromatic carbocycles. The fourth-order valence-electron chi connectivity index (χ4n) is 4.91. The van der Waals surface area contributed by atoms with E-state index < -0.39 is 0 Å². The Morgan fingerprint density at radius 1 is 1.18 bits per heavy atom. The summed E-state index contributed by atoms with van der Waals surface area (Å²) < 4.78 is 1.97. The van der Waals surface area contributed by atoms with Crippen molar-refractivity contribution in [2.75, 3.05) is 13.1 Å². The van der Waals surface area contributed by atoms with Gasteiger partial charge >= 0.3 is 0 Å². The van der Waals surface area contributed by atoms with E-state index in [1.165, 1.54) is 11.1 Å². The number of carbonyl (C=O) groups excluding carboxylic acids is 1. The van der Waals surface area contributed by atoms with E-state index in [0.717, 1.165) is 54.3 Å². The molecule has 176 valence electrons. The van der Waals surface area contributed by atoms with E-state index in [0.29, 0.717) is 18.8 Å². The van der Waals surface area contributed by atoms with E-state index in [9.17, 15) is 4.79 Å². The van der Waals surface area contributed by atoms with Gasteiger partial charge in [-0.2, -0.15) is 5.10 Å². The van der Waals surface area contributed by atoms with Crippen LogP contribution in [0.3, 0.4) is 0 Å². The first-order chi connectivity index (χ1) is 15.6. The highest BCUT2D eigenvalue weighted by Crippen LogP contribution is 2.29. The van der Waals surface area contributed by atoms with Crippen LogP contribution in [-0.2, 0) is 17.8 Å². The Hall–Kier alpha value is -2.73. The molecule has 1 fully saturated rings. The van der Waals surface area contributed by atoms with E-state index in [2.05, 4.69) is 54.4 Å². The second-order valence-electron chi connectivity index (χ2n) is 10.6. The fraction of sp³-hybridized carbons (Fsp3) is 0.519. The fourth-order valence-corrected chi connectivity index (χ4v) is 4.91. The third-order valence-electron chi connectivity index (χ3n) is 6.48. The molecule has 0 spiro atoms. The first kappa shape index (κ1) is 23.4. The third-order valence-corrected chi connectivity index (χ3v) is 6.48. The van der Waals surface area contributed by atoms with Crippen molar-refractivity contribution in [2.24, 2.45) is 0 Å². The first-order valence-corrected chi connectivity index (χ1v) is 12.0. The zero-order valence-corrected chi connectivity index (χ0v) is 20.9. The number of hydrogen-bond acceptors (Lipinski definition) is 4. The Balaban J connectivity index is 1.47. The van der Waals surface area contributed by atoms with Gasteiger partial charge in [0.1, 0.15) is 0 Å².